The van der Waals surface area contributed by atoms with Gasteiger partial charge in [-0.25, -0.2) is 4.79 Å². The van der Waals surface area contributed by atoms with Crippen molar-refractivity contribution in [1.29, 1.82) is 0 Å². The van der Waals surface area contributed by atoms with Crippen LogP contribution >= 0.6 is 11.6 Å². The molecule has 1 heterocycles. The van der Waals surface area contributed by atoms with Gasteiger partial charge in [0.1, 0.15) is 0 Å². The zero-order chi connectivity index (χ0) is 18.4. The SMILES string of the molecule is COC(=O)C1=C(C)NC2=C(C(=O)c3ccccc32)[C@@H]1c1ccccc1Cl. The van der Waals surface area contributed by atoms with Crippen molar-refractivity contribution in [2.75, 3.05) is 7.11 Å². The molecule has 26 heavy (non-hydrogen) atoms. The lowest BCUT2D eigenvalue weighted by Crippen LogP contribution is -2.29. The second-order valence-corrected chi connectivity index (χ2v) is 6.68. The number of benzene rings is 2. The molecule has 0 amide bonds. The Kier molecular flexibility index (Phi) is 3.93. The van der Waals surface area contributed by atoms with Crippen LogP contribution in [0.3, 0.4) is 0 Å². The van der Waals surface area contributed by atoms with Crippen LogP contribution in [0.15, 0.2) is 65.4 Å². The number of halogens is 1. The van der Waals surface area contributed by atoms with Gasteiger partial charge in [0.25, 0.3) is 0 Å². The van der Waals surface area contributed by atoms with Crippen LogP contribution in [-0.4, -0.2) is 18.9 Å². The van der Waals surface area contributed by atoms with Gasteiger partial charge in [0.15, 0.2) is 5.78 Å². The molecule has 4 nitrogen and oxygen atoms in total. The number of dihydropyridines is 1. The fourth-order valence-electron chi connectivity index (χ4n) is 3.73. The van der Waals surface area contributed by atoms with Gasteiger partial charge in [0.05, 0.1) is 24.3 Å². The molecule has 2 aliphatic rings. The smallest absolute Gasteiger partial charge is 0.336 e. The molecule has 0 bridgehead atoms. The Morgan fingerprint density at radius 2 is 1.73 bits per heavy atom. The second kappa shape index (κ2) is 6.15. The lowest BCUT2D eigenvalue weighted by atomic mass is 9.80. The van der Waals surface area contributed by atoms with E-state index in [1.54, 1.807) is 12.1 Å². The van der Waals surface area contributed by atoms with Crippen molar-refractivity contribution in [3.05, 3.63) is 87.1 Å². The van der Waals surface area contributed by atoms with E-state index in [4.69, 9.17) is 16.3 Å². The maximum absolute atomic E-state index is 13.2. The number of rotatable bonds is 2. The highest BCUT2D eigenvalue weighted by Crippen LogP contribution is 2.47. The molecular weight excluding hydrogens is 350 g/mol. The summed E-state index contributed by atoms with van der Waals surface area (Å²) in [4.78, 5) is 25.7. The number of esters is 1. The molecule has 2 aromatic carbocycles. The second-order valence-electron chi connectivity index (χ2n) is 6.27. The lowest BCUT2D eigenvalue weighted by molar-refractivity contribution is -0.136. The zero-order valence-electron chi connectivity index (χ0n) is 14.3. The topological polar surface area (TPSA) is 55.4 Å². The Balaban J connectivity index is 1.99. The highest BCUT2D eigenvalue weighted by Gasteiger charge is 2.43. The summed E-state index contributed by atoms with van der Waals surface area (Å²) in [5, 5.41) is 3.75. The monoisotopic (exact) mass is 365 g/mol. The van der Waals surface area contributed by atoms with Gasteiger partial charge in [-0.1, -0.05) is 54.1 Å². The highest BCUT2D eigenvalue weighted by atomic mass is 35.5. The van der Waals surface area contributed by atoms with E-state index in [9.17, 15) is 9.59 Å². The number of allylic oxidation sites excluding steroid dienone is 2. The molecule has 5 heteroatoms. The van der Waals surface area contributed by atoms with Gasteiger partial charge in [-0.2, -0.15) is 0 Å². The Labute approximate surface area is 156 Å². The quantitative estimate of drug-likeness (QED) is 0.815. The summed E-state index contributed by atoms with van der Waals surface area (Å²) in [7, 11) is 1.33. The molecule has 4 rings (SSSR count). The van der Waals surface area contributed by atoms with Crippen molar-refractivity contribution in [2.24, 2.45) is 0 Å². The molecule has 0 fully saturated rings. The molecule has 0 unspecified atom stereocenters. The minimum Gasteiger partial charge on any atom is -0.466 e. The molecular formula is C21H16ClNO3. The number of hydrogen-bond donors (Lipinski definition) is 1. The van der Waals surface area contributed by atoms with Crippen LogP contribution in [0.5, 0.6) is 0 Å². The molecule has 2 aromatic rings. The number of fused-ring (bicyclic) bond motifs is 2. The fourth-order valence-corrected chi connectivity index (χ4v) is 3.97. The first kappa shape index (κ1) is 16.6. The molecule has 0 saturated carbocycles. The van der Waals surface area contributed by atoms with E-state index in [2.05, 4.69) is 5.32 Å². The number of Topliss-reactive ketones (excluding diaryl/α,β-unsaturated/α-hetero) is 1. The van der Waals surface area contributed by atoms with Crippen molar-refractivity contribution >= 4 is 29.1 Å². The summed E-state index contributed by atoms with van der Waals surface area (Å²) in [5.41, 5.74) is 4.51. The molecule has 0 radical (unpaired) electrons. The van der Waals surface area contributed by atoms with Crippen LogP contribution < -0.4 is 5.32 Å². The van der Waals surface area contributed by atoms with Gasteiger partial charge in [-0.05, 0) is 18.6 Å². The molecule has 0 aromatic heterocycles. The van der Waals surface area contributed by atoms with Gasteiger partial charge in [-0.3, -0.25) is 4.79 Å². The van der Waals surface area contributed by atoms with Crippen LogP contribution in [0.1, 0.15) is 34.3 Å². The first-order chi connectivity index (χ1) is 12.5. The minimum atomic E-state index is -0.577. The van der Waals surface area contributed by atoms with E-state index < -0.39 is 11.9 Å². The average Bonchev–Trinajstić information content (AvgIpc) is 2.93. The number of ether oxygens (including phenoxy) is 1. The Morgan fingerprint density at radius 1 is 1.08 bits per heavy atom. The maximum Gasteiger partial charge on any atom is 0.336 e. The van der Waals surface area contributed by atoms with Gasteiger partial charge in [-0.15, -0.1) is 0 Å². The number of carbonyl (C=O) groups excluding carboxylic acids is 2. The van der Waals surface area contributed by atoms with E-state index in [1.807, 2.05) is 43.3 Å². The number of ketones is 1. The summed E-state index contributed by atoms with van der Waals surface area (Å²) in [6, 6.07) is 14.7. The van der Waals surface area contributed by atoms with Crippen molar-refractivity contribution in [3.63, 3.8) is 0 Å². The predicted octanol–water partition coefficient (Wildman–Crippen LogP) is 4.08. The Bertz CT molecular complexity index is 1020. The zero-order valence-corrected chi connectivity index (χ0v) is 15.1. The van der Waals surface area contributed by atoms with Gasteiger partial charge >= 0.3 is 5.97 Å². The van der Waals surface area contributed by atoms with Crippen LogP contribution in [-0.2, 0) is 9.53 Å². The molecule has 130 valence electrons. The van der Waals surface area contributed by atoms with E-state index in [1.165, 1.54) is 7.11 Å². The largest absolute Gasteiger partial charge is 0.466 e. The molecule has 1 atom stereocenters. The highest BCUT2D eigenvalue weighted by molar-refractivity contribution is 6.32. The third kappa shape index (κ3) is 2.30. The predicted molar refractivity (Wildman–Crippen MR) is 99.7 cm³/mol. The van der Waals surface area contributed by atoms with Gasteiger partial charge < -0.3 is 10.1 Å². The third-order valence-electron chi connectivity index (χ3n) is 4.87. The number of methoxy groups -OCH3 is 1. The average molecular weight is 366 g/mol. The molecule has 1 aliphatic heterocycles. The summed E-state index contributed by atoms with van der Waals surface area (Å²) >= 11 is 6.44. The van der Waals surface area contributed by atoms with Crippen molar-refractivity contribution in [2.45, 2.75) is 12.8 Å². The van der Waals surface area contributed by atoms with Crippen molar-refractivity contribution in [1.82, 2.24) is 5.32 Å². The Hall–Kier alpha value is -2.85. The summed E-state index contributed by atoms with van der Waals surface area (Å²) < 4.78 is 5.00. The van der Waals surface area contributed by atoms with Crippen molar-refractivity contribution < 1.29 is 14.3 Å². The lowest BCUT2D eigenvalue weighted by Gasteiger charge is -2.29. The van der Waals surface area contributed by atoms with Crippen LogP contribution in [0.25, 0.3) is 5.70 Å². The fraction of sp³-hybridized carbons (Fsp3) is 0.143. The summed E-state index contributed by atoms with van der Waals surface area (Å²) in [5.74, 6) is -1.15. The summed E-state index contributed by atoms with van der Waals surface area (Å²) in [6.45, 7) is 1.81. The number of nitrogens with one attached hydrogen (secondary N) is 1. The maximum atomic E-state index is 13.2. The van der Waals surface area contributed by atoms with Crippen LogP contribution in [0, 0.1) is 0 Å². The first-order valence-electron chi connectivity index (χ1n) is 8.23. The number of hydrogen-bond acceptors (Lipinski definition) is 4. The van der Waals surface area contributed by atoms with E-state index in [0.29, 0.717) is 33.0 Å². The first-order valence-corrected chi connectivity index (χ1v) is 8.61. The van der Waals surface area contributed by atoms with Crippen LogP contribution in [0.4, 0.5) is 0 Å². The normalized spacial score (nSPS) is 18.4. The molecule has 1 N–H and O–H groups in total. The third-order valence-corrected chi connectivity index (χ3v) is 5.21. The Morgan fingerprint density at radius 3 is 2.42 bits per heavy atom. The van der Waals surface area contributed by atoms with Gasteiger partial charge in [0, 0.05) is 27.4 Å². The summed E-state index contributed by atoms with van der Waals surface area (Å²) in [6.07, 6.45) is 0. The molecule has 0 spiro atoms. The molecule has 1 aliphatic carbocycles. The standard InChI is InChI=1S/C21H16ClNO3/c1-11-16(21(25)26-2)17(14-9-5-6-10-15(14)22)18-19(23-11)12-7-3-4-8-13(12)20(18)24/h3-10,17,23H,1-2H3/t17-/m1/s1. The number of carbonyl (C=O) groups is 2. The van der Waals surface area contributed by atoms with E-state index in [0.717, 1.165) is 11.3 Å². The van der Waals surface area contributed by atoms with Gasteiger partial charge in [0.2, 0.25) is 0 Å². The van der Waals surface area contributed by atoms with Crippen molar-refractivity contribution in [3.8, 4) is 0 Å². The van der Waals surface area contributed by atoms with E-state index >= 15 is 0 Å². The minimum absolute atomic E-state index is 0.0954. The molecule has 0 saturated heterocycles. The van der Waals surface area contributed by atoms with E-state index in [-0.39, 0.29) is 5.78 Å². The van der Waals surface area contributed by atoms with Crippen LogP contribution in [0.2, 0.25) is 5.02 Å².